The first-order valence-corrected chi connectivity index (χ1v) is 4.86. The lowest BCUT2D eigenvalue weighted by molar-refractivity contribution is -0.144. The van der Waals surface area contributed by atoms with Gasteiger partial charge in [-0.15, -0.1) is 0 Å². The molecule has 0 bridgehead atoms. The molecule has 0 aliphatic rings. The molecule has 1 heterocycles. The number of hydrogen-bond acceptors (Lipinski definition) is 4. The zero-order valence-electron chi connectivity index (χ0n) is 9.27. The summed E-state index contributed by atoms with van der Waals surface area (Å²) < 4.78 is 0. The van der Waals surface area contributed by atoms with E-state index in [-0.39, 0.29) is 0 Å². The van der Waals surface area contributed by atoms with Crippen LogP contribution in [0.3, 0.4) is 0 Å². The van der Waals surface area contributed by atoms with Gasteiger partial charge in [0.2, 0.25) is 0 Å². The van der Waals surface area contributed by atoms with Gasteiger partial charge >= 0.3 is 12.0 Å². The molecule has 0 saturated heterocycles. The lowest BCUT2D eigenvalue weighted by Crippen LogP contribution is -2.36. The zero-order valence-corrected chi connectivity index (χ0v) is 9.27. The second-order valence-electron chi connectivity index (χ2n) is 3.27. The van der Waals surface area contributed by atoms with E-state index in [9.17, 15) is 9.59 Å². The van der Waals surface area contributed by atoms with Gasteiger partial charge in [0.25, 0.3) is 0 Å². The van der Waals surface area contributed by atoms with Crippen molar-refractivity contribution < 1.29 is 19.5 Å². The van der Waals surface area contributed by atoms with Crippen LogP contribution >= 0.6 is 0 Å². The van der Waals surface area contributed by atoms with Gasteiger partial charge < -0.3 is 10.4 Å². The van der Waals surface area contributed by atoms with E-state index in [0.29, 0.717) is 6.54 Å². The molecule has 7 heteroatoms. The highest BCUT2D eigenvalue weighted by Crippen LogP contribution is 2.03. The van der Waals surface area contributed by atoms with Gasteiger partial charge in [-0.05, 0) is 24.1 Å². The molecule has 1 rings (SSSR count). The molecule has 7 nitrogen and oxygen atoms in total. The van der Waals surface area contributed by atoms with Gasteiger partial charge in [-0.2, -0.15) is 0 Å². The van der Waals surface area contributed by atoms with E-state index >= 15 is 0 Å². The highest BCUT2D eigenvalue weighted by Gasteiger charge is 2.03. The van der Waals surface area contributed by atoms with Crippen LogP contribution in [0.1, 0.15) is 11.1 Å². The summed E-state index contributed by atoms with van der Waals surface area (Å²) in [6, 6.07) is 1.23. The molecular formula is C10H13N3O4. The molecule has 0 radical (unpaired) electrons. The zero-order chi connectivity index (χ0) is 12.7. The van der Waals surface area contributed by atoms with Crippen LogP contribution in [0.2, 0.25) is 0 Å². The van der Waals surface area contributed by atoms with E-state index < -0.39 is 18.6 Å². The number of aromatic nitrogens is 1. The Morgan fingerprint density at radius 3 is 2.94 bits per heavy atom. The molecule has 0 aliphatic carbocycles. The van der Waals surface area contributed by atoms with Crippen molar-refractivity contribution in [2.45, 2.75) is 13.5 Å². The summed E-state index contributed by atoms with van der Waals surface area (Å²) in [5.74, 6) is -1.16. The average molecular weight is 239 g/mol. The number of aliphatic carboxylic acids is 1. The van der Waals surface area contributed by atoms with Crippen molar-refractivity contribution in [3.8, 4) is 0 Å². The molecule has 0 saturated carbocycles. The number of nitrogens with zero attached hydrogens (tertiary/aromatic N) is 1. The first-order valence-electron chi connectivity index (χ1n) is 4.86. The second kappa shape index (κ2) is 6.44. The van der Waals surface area contributed by atoms with Crippen molar-refractivity contribution in [2.75, 3.05) is 6.61 Å². The fraction of sp³-hybridized carbons (Fsp3) is 0.300. The fourth-order valence-electron chi connectivity index (χ4n) is 1.06. The summed E-state index contributed by atoms with van der Waals surface area (Å²) in [4.78, 5) is 29.6. The van der Waals surface area contributed by atoms with Crippen LogP contribution in [0, 0.1) is 6.92 Å². The second-order valence-corrected chi connectivity index (χ2v) is 3.27. The summed E-state index contributed by atoms with van der Waals surface area (Å²) in [7, 11) is 0. The number of hydroxylamine groups is 1. The van der Waals surface area contributed by atoms with Crippen molar-refractivity contribution in [3.05, 3.63) is 29.6 Å². The van der Waals surface area contributed by atoms with Crippen LogP contribution in [0.25, 0.3) is 0 Å². The Labute approximate surface area is 97.8 Å². The third-order valence-corrected chi connectivity index (χ3v) is 1.95. The van der Waals surface area contributed by atoms with Gasteiger partial charge in [0.1, 0.15) is 0 Å². The van der Waals surface area contributed by atoms with Crippen LogP contribution < -0.4 is 10.8 Å². The highest BCUT2D eigenvalue weighted by molar-refractivity contribution is 5.73. The summed E-state index contributed by atoms with van der Waals surface area (Å²) >= 11 is 0. The Balaban J connectivity index is 2.29. The molecule has 92 valence electrons. The van der Waals surface area contributed by atoms with Gasteiger partial charge in [0, 0.05) is 18.9 Å². The van der Waals surface area contributed by atoms with Crippen LogP contribution in [-0.4, -0.2) is 28.7 Å². The molecule has 1 aromatic heterocycles. The number of rotatable bonds is 5. The molecule has 0 aromatic carbocycles. The van der Waals surface area contributed by atoms with Crippen LogP contribution in [-0.2, 0) is 16.2 Å². The van der Waals surface area contributed by atoms with Crippen molar-refractivity contribution >= 4 is 12.0 Å². The molecule has 1 aromatic rings. The quantitative estimate of drug-likeness (QED) is 0.637. The molecule has 0 atom stereocenters. The van der Waals surface area contributed by atoms with Crippen LogP contribution in [0.5, 0.6) is 0 Å². The molecule has 0 fully saturated rings. The molecule has 2 amide bonds. The highest BCUT2D eigenvalue weighted by atomic mass is 16.7. The summed E-state index contributed by atoms with van der Waals surface area (Å²) in [6.45, 7) is 1.61. The largest absolute Gasteiger partial charge is 0.479 e. The minimum Gasteiger partial charge on any atom is -0.479 e. The normalized spacial score (nSPS) is 9.71. The molecular weight excluding hydrogens is 226 g/mol. The lowest BCUT2D eigenvalue weighted by Gasteiger charge is -2.08. The molecule has 3 N–H and O–H groups in total. The minimum absolute atomic E-state index is 0.294. The van der Waals surface area contributed by atoms with Crippen molar-refractivity contribution in [2.24, 2.45) is 0 Å². The Bertz CT molecular complexity index is 408. The first-order chi connectivity index (χ1) is 8.09. The van der Waals surface area contributed by atoms with E-state index in [4.69, 9.17) is 5.11 Å². The number of carbonyl (C=O) groups excluding carboxylic acids is 1. The number of carboxylic acids is 1. The Kier molecular flexibility index (Phi) is 4.89. The van der Waals surface area contributed by atoms with Crippen molar-refractivity contribution in [1.82, 2.24) is 15.8 Å². The van der Waals surface area contributed by atoms with E-state index in [2.05, 4.69) is 15.1 Å². The summed E-state index contributed by atoms with van der Waals surface area (Å²) in [5.41, 5.74) is 3.83. The maximum atomic E-state index is 11.1. The number of amides is 2. The van der Waals surface area contributed by atoms with Crippen LogP contribution in [0.15, 0.2) is 18.5 Å². The molecule has 0 spiro atoms. The SMILES string of the molecule is Cc1ccncc1CNC(=O)NOCC(=O)O. The maximum Gasteiger partial charge on any atom is 0.338 e. The standard InChI is InChI=1S/C10H13N3O4/c1-7-2-3-11-4-8(7)5-12-10(16)13-17-6-9(14)15/h2-4H,5-6H2,1H3,(H,14,15)(H2,12,13,16). The van der Waals surface area contributed by atoms with Crippen LogP contribution in [0.4, 0.5) is 4.79 Å². The topological polar surface area (TPSA) is 101 Å². The average Bonchev–Trinajstić information content (AvgIpc) is 2.27. The van der Waals surface area contributed by atoms with E-state index in [0.717, 1.165) is 11.1 Å². The smallest absolute Gasteiger partial charge is 0.338 e. The third-order valence-electron chi connectivity index (χ3n) is 1.95. The fourth-order valence-corrected chi connectivity index (χ4v) is 1.06. The van der Waals surface area contributed by atoms with Gasteiger partial charge in [0.05, 0.1) is 0 Å². The number of urea groups is 1. The Morgan fingerprint density at radius 1 is 1.53 bits per heavy atom. The van der Waals surface area contributed by atoms with Gasteiger partial charge in [-0.25, -0.2) is 15.1 Å². The number of hydrogen-bond donors (Lipinski definition) is 3. The first kappa shape index (κ1) is 12.9. The van der Waals surface area contributed by atoms with Crippen molar-refractivity contribution in [1.29, 1.82) is 0 Å². The third kappa shape index (κ3) is 4.94. The summed E-state index contributed by atoms with van der Waals surface area (Å²) in [6.07, 6.45) is 3.31. The number of carboxylic acid groups (broad SMARTS) is 1. The lowest BCUT2D eigenvalue weighted by atomic mass is 10.2. The number of carbonyl (C=O) groups is 2. The van der Waals surface area contributed by atoms with Gasteiger partial charge in [-0.1, -0.05) is 0 Å². The molecule has 17 heavy (non-hydrogen) atoms. The van der Waals surface area contributed by atoms with E-state index in [1.165, 1.54) is 0 Å². The van der Waals surface area contributed by atoms with Gasteiger partial charge in [0.15, 0.2) is 6.61 Å². The van der Waals surface area contributed by atoms with E-state index in [1.54, 1.807) is 12.4 Å². The Hall–Kier alpha value is -2.15. The summed E-state index contributed by atoms with van der Waals surface area (Å²) in [5, 5.41) is 10.8. The minimum atomic E-state index is -1.16. The molecule has 0 aliphatic heterocycles. The Morgan fingerprint density at radius 2 is 2.29 bits per heavy atom. The number of pyridine rings is 1. The van der Waals surface area contributed by atoms with Gasteiger partial charge in [-0.3, -0.25) is 9.82 Å². The van der Waals surface area contributed by atoms with Crippen molar-refractivity contribution in [3.63, 3.8) is 0 Å². The predicted octanol–water partition coefficient (Wildman–Crippen LogP) is 0.205. The predicted molar refractivity (Wildman–Crippen MR) is 57.9 cm³/mol. The maximum absolute atomic E-state index is 11.1. The van der Waals surface area contributed by atoms with E-state index in [1.807, 2.05) is 18.5 Å². The number of nitrogens with one attached hydrogen (secondary N) is 2. The monoisotopic (exact) mass is 239 g/mol. The number of aryl methyl sites for hydroxylation is 1. The molecule has 0 unspecified atom stereocenters.